The summed E-state index contributed by atoms with van der Waals surface area (Å²) in [6.45, 7) is 30.1. The standard InChI is InChI=1S/C46H64O9/c1-16-50-37(47)25-53-41-31(19-28(4)22-34(41)44(7,8)9)40(32-20-29(5)23-35(45(10,11)12)42(32)54-26-38(48)51-17-2)33-21-30(6)24-36(46(13,14)15)43(33)55-27-39(49)52-18-3/h19-24,40H,16-18,25-27H2,1-15H3. The maximum absolute atomic E-state index is 12.9. The van der Waals surface area contributed by atoms with Gasteiger partial charge in [0.05, 0.1) is 19.8 Å². The molecule has 3 aromatic carbocycles. The van der Waals surface area contributed by atoms with Crippen LogP contribution in [0.3, 0.4) is 0 Å². The molecular formula is C46H64O9. The van der Waals surface area contributed by atoms with Crippen LogP contribution < -0.4 is 14.2 Å². The highest BCUT2D eigenvalue weighted by Gasteiger charge is 2.36. The molecule has 0 saturated heterocycles. The third-order valence-corrected chi connectivity index (χ3v) is 9.06. The molecule has 0 atom stereocenters. The van der Waals surface area contributed by atoms with E-state index >= 15 is 0 Å². The molecule has 0 aliphatic heterocycles. The van der Waals surface area contributed by atoms with Gasteiger partial charge in [-0.3, -0.25) is 0 Å². The lowest BCUT2D eigenvalue weighted by Crippen LogP contribution is -2.24. The van der Waals surface area contributed by atoms with Crippen LogP contribution in [0.4, 0.5) is 0 Å². The van der Waals surface area contributed by atoms with Crippen LogP contribution in [0.1, 0.15) is 139 Å². The van der Waals surface area contributed by atoms with E-state index in [0.717, 1.165) is 50.1 Å². The molecule has 0 heterocycles. The highest BCUT2D eigenvalue weighted by Crippen LogP contribution is 2.51. The smallest absolute Gasteiger partial charge is 0.344 e. The first-order valence-corrected chi connectivity index (χ1v) is 19.3. The van der Waals surface area contributed by atoms with Gasteiger partial charge in [-0.05, 0) is 57.8 Å². The number of benzene rings is 3. The zero-order valence-corrected chi connectivity index (χ0v) is 36.0. The zero-order valence-electron chi connectivity index (χ0n) is 36.0. The molecule has 55 heavy (non-hydrogen) atoms. The lowest BCUT2D eigenvalue weighted by molar-refractivity contribution is -0.146. The Morgan fingerprint density at radius 3 is 0.891 bits per heavy atom. The van der Waals surface area contributed by atoms with Crippen LogP contribution in [0.5, 0.6) is 17.2 Å². The maximum Gasteiger partial charge on any atom is 0.344 e. The first kappa shape index (κ1) is 44.9. The van der Waals surface area contributed by atoms with Crippen molar-refractivity contribution >= 4 is 17.9 Å². The Morgan fingerprint density at radius 2 is 0.691 bits per heavy atom. The maximum atomic E-state index is 12.9. The molecule has 0 aliphatic rings. The van der Waals surface area contributed by atoms with Crippen LogP contribution in [-0.2, 0) is 44.8 Å². The van der Waals surface area contributed by atoms with Gasteiger partial charge in [0.2, 0.25) is 0 Å². The van der Waals surface area contributed by atoms with Crippen molar-refractivity contribution in [2.45, 2.75) is 126 Å². The summed E-state index contributed by atoms with van der Waals surface area (Å²) in [4.78, 5) is 38.7. The van der Waals surface area contributed by atoms with Gasteiger partial charge in [-0.25, -0.2) is 14.4 Å². The molecule has 0 bridgehead atoms. The molecule has 0 fully saturated rings. The van der Waals surface area contributed by atoms with E-state index in [1.165, 1.54) is 0 Å². The Hall–Kier alpha value is -4.53. The SMILES string of the molecule is CCOC(=O)COc1c(C(c2cc(C)cc(C(C)(C)C)c2OCC(=O)OCC)c2cc(C)cc(C(C)(C)C)c2OCC(=O)OCC)cc(C)cc1C(C)(C)C. The number of carbonyl (C=O) groups is 3. The topological polar surface area (TPSA) is 107 Å². The number of carbonyl (C=O) groups excluding carboxylic acids is 3. The lowest BCUT2D eigenvalue weighted by atomic mass is 9.74. The van der Waals surface area contributed by atoms with Crippen LogP contribution in [0.15, 0.2) is 36.4 Å². The van der Waals surface area contributed by atoms with Crippen LogP contribution in [-0.4, -0.2) is 57.5 Å². The van der Waals surface area contributed by atoms with Gasteiger partial charge < -0.3 is 28.4 Å². The Morgan fingerprint density at radius 1 is 0.455 bits per heavy atom. The van der Waals surface area contributed by atoms with Gasteiger partial charge in [0.1, 0.15) is 17.2 Å². The fraction of sp³-hybridized carbons (Fsp3) is 0.543. The molecule has 9 nitrogen and oxygen atoms in total. The molecule has 302 valence electrons. The first-order chi connectivity index (χ1) is 25.5. The van der Waals surface area contributed by atoms with Crippen molar-refractivity contribution in [2.24, 2.45) is 0 Å². The van der Waals surface area contributed by atoms with Gasteiger partial charge in [0.25, 0.3) is 0 Å². The summed E-state index contributed by atoms with van der Waals surface area (Å²) >= 11 is 0. The van der Waals surface area contributed by atoms with Crippen LogP contribution in [0.2, 0.25) is 0 Å². The molecule has 3 aromatic rings. The number of esters is 3. The van der Waals surface area contributed by atoms with E-state index in [0.29, 0.717) is 17.2 Å². The molecule has 0 saturated carbocycles. The van der Waals surface area contributed by atoms with Crippen molar-refractivity contribution in [2.75, 3.05) is 39.6 Å². The van der Waals surface area contributed by atoms with E-state index in [9.17, 15) is 14.4 Å². The molecule has 0 radical (unpaired) electrons. The Balaban J connectivity index is 2.69. The predicted molar refractivity (Wildman–Crippen MR) is 217 cm³/mol. The third kappa shape index (κ3) is 11.7. The predicted octanol–water partition coefficient (Wildman–Crippen LogP) is 9.51. The molecule has 0 unspecified atom stereocenters. The Labute approximate surface area is 329 Å². The molecule has 0 N–H and O–H groups in total. The van der Waals surface area contributed by atoms with Crippen molar-refractivity contribution < 1.29 is 42.8 Å². The number of rotatable bonds is 15. The molecular weight excluding hydrogens is 696 g/mol. The van der Waals surface area contributed by atoms with Crippen molar-refractivity contribution in [3.8, 4) is 17.2 Å². The monoisotopic (exact) mass is 760 g/mol. The minimum atomic E-state index is -0.658. The zero-order chi connectivity index (χ0) is 41.5. The second kappa shape index (κ2) is 18.4. The highest BCUT2D eigenvalue weighted by atomic mass is 16.6. The molecule has 3 rings (SSSR count). The average molecular weight is 761 g/mol. The number of aryl methyl sites for hydroxylation is 3. The number of hydrogen-bond acceptors (Lipinski definition) is 9. The van der Waals surface area contributed by atoms with E-state index in [1.807, 2.05) is 20.8 Å². The molecule has 0 aromatic heterocycles. The minimum Gasteiger partial charge on any atom is -0.481 e. The average Bonchev–Trinajstić information content (AvgIpc) is 3.05. The molecule has 0 spiro atoms. The van der Waals surface area contributed by atoms with Gasteiger partial charge in [0.15, 0.2) is 19.8 Å². The summed E-state index contributed by atoms with van der Waals surface area (Å²) in [6.07, 6.45) is 0. The number of ether oxygens (including phenoxy) is 6. The summed E-state index contributed by atoms with van der Waals surface area (Å²) in [5, 5.41) is 0. The summed E-state index contributed by atoms with van der Waals surface area (Å²) < 4.78 is 35.7. The summed E-state index contributed by atoms with van der Waals surface area (Å²) in [6, 6.07) is 12.5. The van der Waals surface area contributed by atoms with Crippen LogP contribution in [0.25, 0.3) is 0 Å². The van der Waals surface area contributed by atoms with E-state index in [2.05, 4.69) is 98.7 Å². The summed E-state index contributed by atoms with van der Waals surface area (Å²) in [5.41, 5.74) is 6.66. The summed E-state index contributed by atoms with van der Waals surface area (Å²) in [5.74, 6) is -0.533. The van der Waals surface area contributed by atoms with Gasteiger partial charge in [-0.2, -0.15) is 0 Å². The largest absolute Gasteiger partial charge is 0.481 e. The minimum absolute atomic E-state index is 0.220. The lowest BCUT2D eigenvalue weighted by Gasteiger charge is -2.34. The highest BCUT2D eigenvalue weighted by molar-refractivity contribution is 5.73. The van der Waals surface area contributed by atoms with E-state index < -0.39 is 40.1 Å². The van der Waals surface area contributed by atoms with Gasteiger partial charge >= 0.3 is 17.9 Å². The third-order valence-electron chi connectivity index (χ3n) is 9.06. The second-order valence-corrected chi connectivity index (χ2v) is 17.2. The van der Waals surface area contributed by atoms with Crippen LogP contribution in [0, 0.1) is 20.8 Å². The van der Waals surface area contributed by atoms with Crippen LogP contribution >= 0.6 is 0 Å². The second-order valence-electron chi connectivity index (χ2n) is 17.2. The van der Waals surface area contributed by atoms with Gasteiger partial charge in [-0.1, -0.05) is 115 Å². The van der Waals surface area contributed by atoms with E-state index in [-0.39, 0.29) is 39.6 Å². The van der Waals surface area contributed by atoms with Crippen molar-refractivity contribution in [3.63, 3.8) is 0 Å². The normalized spacial score (nSPS) is 12.0. The van der Waals surface area contributed by atoms with Crippen molar-refractivity contribution in [1.82, 2.24) is 0 Å². The quantitative estimate of drug-likeness (QED) is 0.0851. The molecule has 0 aliphatic carbocycles. The first-order valence-electron chi connectivity index (χ1n) is 19.3. The summed E-state index contributed by atoms with van der Waals surface area (Å²) in [7, 11) is 0. The van der Waals surface area contributed by atoms with E-state index in [1.54, 1.807) is 20.8 Å². The van der Waals surface area contributed by atoms with Gasteiger partial charge in [-0.15, -0.1) is 0 Å². The van der Waals surface area contributed by atoms with Crippen molar-refractivity contribution in [1.29, 1.82) is 0 Å². The fourth-order valence-corrected chi connectivity index (χ4v) is 6.71. The molecule has 0 amide bonds. The van der Waals surface area contributed by atoms with Crippen molar-refractivity contribution in [3.05, 3.63) is 86.5 Å². The Kier molecular flexibility index (Phi) is 15.0. The molecule has 9 heteroatoms. The van der Waals surface area contributed by atoms with Gasteiger partial charge in [0, 0.05) is 39.3 Å². The van der Waals surface area contributed by atoms with E-state index in [4.69, 9.17) is 28.4 Å². The number of hydrogen-bond donors (Lipinski definition) is 0. The Bertz CT molecular complexity index is 1620. The fourth-order valence-electron chi connectivity index (χ4n) is 6.71.